The maximum absolute atomic E-state index is 12.7. The number of carbonyl (C=O) groups excluding carboxylic acids is 1. The minimum Gasteiger partial charge on any atom is -0.331 e. The fourth-order valence-corrected chi connectivity index (χ4v) is 4.46. The van der Waals surface area contributed by atoms with Crippen LogP contribution in [-0.4, -0.2) is 44.7 Å². The highest BCUT2D eigenvalue weighted by molar-refractivity contribution is 6.30. The molecule has 2 heterocycles. The molecule has 0 unspecified atom stereocenters. The van der Waals surface area contributed by atoms with E-state index in [0.717, 1.165) is 43.8 Å². The third-order valence-corrected chi connectivity index (χ3v) is 6.07. The summed E-state index contributed by atoms with van der Waals surface area (Å²) in [6, 6.07) is 8.28. The van der Waals surface area contributed by atoms with Crippen molar-refractivity contribution in [3.63, 3.8) is 0 Å². The lowest BCUT2D eigenvalue weighted by Gasteiger charge is -2.44. The molecule has 2 aliphatic rings. The van der Waals surface area contributed by atoms with Crippen molar-refractivity contribution in [3.8, 4) is 0 Å². The normalized spacial score (nSPS) is 26.6. The molecule has 7 heteroatoms. The minimum absolute atomic E-state index is 0.00301. The number of halogens is 1. The smallest absolute Gasteiger partial charge is 0.292 e. The second kappa shape index (κ2) is 6.42. The average Bonchev–Trinajstić information content (AvgIpc) is 3.12. The second-order valence-electron chi connectivity index (χ2n) is 7.07. The van der Waals surface area contributed by atoms with Gasteiger partial charge in [0.25, 0.3) is 5.91 Å². The molecule has 1 aromatic carbocycles. The lowest BCUT2D eigenvalue weighted by atomic mass is 9.68. The molecule has 1 aliphatic heterocycles. The van der Waals surface area contributed by atoms with Crippen LogP contribution in [0.3, 0.4) is 0 Å². The van der Waals surface area contributed by atoms with E-state index < -0.39 is 0 Å². The molecule has 2 aromatic rings. The summed E-state index contributed by atoms with van der Waals surface area (Å²) in [5.41, 5.74) is 7.35. The van der Waals surface area contributed by atoms with E-state index in [0.29, 0.717) is 12.4 Å². The molecular weight excluding hydrogens is 338 g/mol. The molecule has 0 saturated heterocycles. The fourth-order valence-electron chi connectivity index (χ4n) is 4.27. The highest BCUT2D eigenvalue weighted by Crippen LogP contribution is 2.41. The van der Waals surface area contributed by atoms with Crippen molar-refractivity contribution < 1.29 is 4.79 Å². The van der Waals surface area contributed by atoms with Gasteiger partial charge in [-0.1, -0.05) is 23.7 Å². The maximum Gasteiger partial charge on any atom is 0.292 e. The van der Waals surface area contributed by atoms with Gasteiger partial charge in [-0.3, -0.25) is 4.79 Å². The van der Waals surface area contributed by atoms with E-state index in [2.05, 4.69) is 16.3 Å². The van der Waals surface area contributed by atoms with Crippen LogP contribution < -0.4 is 5.73 Å². The van der Waals surface area contributed by atoms with Gasteiger partial charge in [0.1, 0.15) is 6.33 Å². The summed E-state index contributed by atoms with van der Waals surface area (Å²) in [7, 11) is 0. The Morgan fingerprint density at radius 3 is 2.80 bits per heavy atom. The zero-order valence-corrected chi connectivity index (χ0v) is 14.8. The number of nitrogens with zero attached hydrogens (tertiary/aromatic N) is 4. The maximum atomic E-state index is 12.7. The van der Waals surface area contributed by atoms with E-state index in [1.807, 2.05) is 27.7 Å². The summed E-state index contributed by atoms with van der Waals surface area (Å²) in [5, 5.41) is 8.57. The van der Waals surface area contributed by atoms with Gasteiger partial charge in [-0.2, -0.15) is 0 Å². The van der Waals surface area contributed by atoms with Crippen molar-refractivity contribution in [1.82, 2.24) is 19.7 Å². The number of amides is 1. The van der Waals surface area contributed by atoms with Gasteiger partial charge in [0.2, 0.25) is 5.82 Å². The van der Waals surface area contributed by atoms with Crippen molar-refractivity contribution in [3.05, 3.63) is 47.0 Å². The highest BCUT2D eigenvalue weighted by Gasteiger charge is 2.40. The van der Waals surface area contributed by atoms with Gasteiger partial charge in [0, 0.05) is 36.1 Å². The molecule has 1 aromatic heterocycles. The number of fused-ring (bicyclic) bond motifs is 1. The van der Waals surface area contributed by atoms with Crippen LogP contribution in [0.25, 0.3) is 0 Å². The Bertz CT molecular complexity index is 781. The lowest BCUT2D eigenvalue weighted by molar-refractivity contribution is 0.0522. The van der Waals surface area contributed by atoms with Gasteiger partial charge >= 0.3 is 0 Å². The molecule has 1 aliphatic carbocycles. The van der Waals surface area contributed by atoms with E-state index in [4.69, 9.17) is 17.3 Å². The Morgan fingerprint density at radius 2 is 2.08 bits per heavy atom. The van der Waals surface area contributed by atoms with E-state index in [9.17, 15) is 4.79 Å². The predicted octanol–water partition coefficient (Wildman–Crippen LogP) is 2.23. The summed E-state index contributed by atoms with van der Waals surface area (Å²) < 4.78 is 1.83. The van der Waals surface area contributed by atoms with Crippen molar-refractivity contribution in [1.29, 1.82) is 0 Å². The topological polar surface area (TPSA) is 77.0 Å². The fraction of sp³-hybridized carbons (Fsp3) is 0.500. The quantitative estimate of drug-likeness (QED) is 0.911. The van der Waals surface area contributed by atoms with Gasteiger partial charge in [-0.25, -0.2) is 0 Å². The lowest BCUT2D eigenvalue weighted by Crippen LogP contribution is -2.50. The molecule has 2 N–H and O–H groups in total. The SMILES string of the molecule is NC[C@]1(c2cccc(Cl)c2)CC[C@H](N2CCn3cnnc3C2=O)CC1. The molecule has 0 bridgehead atoms. The average molecular weight is 360 g/mol. The van der Waals surface area contributed by atoms with Crippen LogP contribution in [0.2, 0.25) is 5.02 Å². The second-order valence-corrected chi connectivity index (χ2v) is 7.51. The van der Waals surface area contributed by atoms with Gasteiger partial charge in [-0.05, 0) is 43.4 Å². The summed E-state index contributed by atoms with van der Waals surface area (Å²) in [5.74, 6) is 0.452. The number of benzene rings is 1. The van der Waals surface area contributed by atoms with E-state index in [-0.39, 0.29) is 17.4 Å². The Kier molecular flexibility index (Phi) is 4.25. The number of nitrogens with two attached hydrogens (primary N) is 1. The van der Waals surface area contributed by atoms with E-state index >= 15 is 0 Å². The molecule has 0 radical (unpaired) electrons. The summed E-state index contributed by atoms with van der Waals surface area (Å²) in [6.45, 7) is 2.09. The van der Waals surface area contributed by atoms with Gasteiger partial charge in [0.05, 0.1) is 0 Å². The van der Waals surface area contributed by atoms with Crippen LogP contribution in [0.1, 0.15) is 41.9 Å². The van der Waals surface area contributed by atoms with Crippen LogP contribution >= 0.6 is 11.6 Å². The number of aromatic nitrogens is 3. The standard InChI is InChI=1S/C18H22ClN5O/c19-14-3-1-2-13(10-14)18(11-20)6-4-15(5-7-18)24-9-8-23-12-21-22-16(23)17(24)25/h1-3,10,12,15H,4-9,11,20H2/t15-,18-. The zero-order chi connectivity index (χ0) is 17.4. The number of hydrogen-bond donors (Lipinski definition) is 1. The van der Waals surface area contributed by atoms with Gasteiger partial charge in [-0.15, -0.1) is 10.2 Å². The van der Waals surface area contributed by atoms with E-state index in [1.54, 1.807) is 6.33 Å². The first-order chi connectivity index (χ1) is 12.1. The molecule has 6 nitrogen and oxygen atoms in total. The Labute approximate surface area is 152 Å². The summed E-state index contributed by atoms with van der Waals surface area (Å²) >= 11 is 6.18. The molecule has 25 heavy (non-hydrogen) atoms. The molecule has 1 fully saturated rings. The first-order valence-electron chi connectivity index (χ1n) is 8.78. The van der Waals surface area contributed by atoms with Gasteiger partial charge < -0.3 is 15.2 Å². The number of rotatable bonds is 3. The largest absolute Gasteiger partial charge is 0.331 e. The van der Waals surface area contributed by atoms with Gasteiger partial charge in [0.15, 0.2) is 0 Å². The monoisotopic (exact) mass is 359 g/mol. The molecule has 1 saturated carbocycles. The van der Waals surface area contributed by atoms with Crippen LogP contribution in [0.4, 0.5) is 0 Å². The summed E-state index contributed by atoms with van der Waals surface area (Å²) in [4.78, 5) is 14.7. The van der Waals surface area contributed by atoms with Crippen LogP contribution in [0.5, 0.6) is 0 Å². The van der Waals surface area contributed by atoms with E-state index in [1.165, 1.54) is 5.56 Å². The Morgan fingerprint density at radius 1 is 1.28 bits per heavy atom. The van der Waals surface area contributed by atoms with Crippen LogP contribution in [0, 0.1) is 0 Å². The molecular formula is C18H22ClN5O. The summed E-state index contributed by atoms with van der Waals surface area (Å²) in [6.07, 6.45) is 5.45. The van der Waals surface area contributed by atoms with Crippen molar-refractivity contribution in [2.75, 3.05) is 13.1 Å². The first-order valence-corrected chi connectivity index (χ1v) is 9.16. The highest BCUT2D eigenvalue weighted by atomic mass is 35.5. The molecule has 1 amide bonds. The zero-order valence-electron chi connectivity index (χ0n) is 14.1. The third kappa shape index (κ3) is 2.83. The first kappa shape index (κ1) is 16.5. The molecule has 4 rings (SSSR count). The minimum atomic E-state index is -0.0414. The molecule has 132 valence electrons. The van der Waals surface area contributed by atoms with Crippen molar-refractivity contribution in [2.45, 2.75) is 43.7 Å². The number of hydrogen-bond acceptors (Lipinski definition) is 4. The van der Waals surface area contributed by atoms with Crippen molar-refractivity contribution >= 4 is 17.5 Å². The Hall–Kier alpha value is -1.92. The molecule has 0 spiro atoms. The van der Waals surface area contributed by atoms with Crippen LogP contribution in [0.15, 0.2) is 30.6 Å². The van der Waals surface area contributed by atoms with Crippen molar-refractivity contribution in [2.24, 2.45) is 5.73 Å². The number of carbonyl (C=O) groups is 1. The third-order valence-electron chi connectivity index (χ3n) is 5.83. The molecule has 0 atom stereocenters. The predicted molar refractivity (Wildman–Crippen MR) is 95.5 cm³/mol. The Balaban J connectivity index is 1.50. The van der Waals surface area contributed by atoms with Crippen LogP contribution in [-0.2, 0) is 12.0 Å².